The third kappa shape index (κ3) is 2.95. The van der Waals surface area contributed by atoms with Gasteiger partial charge < -0.3 is 5.11 Å². The van der Waals surface area contributed by atoms with Crippen LogP contribution in [-0.2, 0) is 0 Å². The van der Waals surface area contributed by atoms with Crippen molar-refractivity contribution in [2.24, 2.45) is 0 Å². The first-order valence-corrected chi connectivity index (χ1v) is 6.62. The van der Waals surface area contributed by atoms with Crippen molar-refractivity contribution < 1.29 is 18.7 Å². The summed E-state index contributed by atoms with van der Waals surface area (Å²) in [4.78, 5) is 10.7. The molecular weight excluding hydrogens is 262 g/mol. The van der Waals surface area contributed by atoms with Crippen LogP contribution < -0.4 is 0 Å². The number of hydrogen-bond acceptors (Lipinski definition) is 1. The molecule has 4 heteroatoms. The van der Waals surface area contributed by atoms with Crippen LogP contribution in [0.4, 0.5) is 8.78 Å². The summed E-state index contributed by atoms with van der Waals surface area (Å²) in [7, 11) is 0. The van der Waals surface area contributed by atoms with E-state index in [0.29, 0.717) is 12.0 Å². The van der Waals surface area contributed by atoms with Gasteiger partial charge in [-0.2, -0.15) is 0 Å². The normalized spacial score (nSPS) is 17.9. The molecule has 106 valence electrons. The second-order valence-corrected chi connectivity index (χ2v) is 4.90. The molecule has 1 atom stereocenters. The minimum absolute atomic E-state index is 0.109. The Morgan fingerprint density at radius 3 is 2.45 bits per heavy atom. The van der Waals surface area contributed by atoms with Crippen molar-refractivity contribution in [2.45, 2.75) is 32.1 Å². The van der Waals surface area contributed by atoms with Gasteiger partial charge in [-0.15, -0.1) is 0 Å². The lowest BCUT2D eigenvalue weighted by Gasteiger charge is -2.17. The smallest absolute Gasteiger partial charge is 0.341 e. The first-order valence-electron chi connectivity index (χ1n) is 6.62. The summed E-state index contributed by atoms with van der Waals surface area (Å²) in [6.45, 7) is 2.09. The van der Waals surface area contributed by atoms with Gasteiger partial charge in [-0.3, -0.25) is 0 Å². The molecule has 0 saturated heterocycles. The summed E-state index contributed by atoms with van der Waals surface area (Å²) in [5.41, 5.74) is 0.802. The van der Waals surface area contributed by atoms with E-state index in [1.165, 1.54) is 5.57 Å². The Labute approximate surface area is 116 Å². The number of aromatic carboxylic acids is 1. The first-order chi connectivity index (χ1) is 9.52. The maximum Gasteiger partial charge on any atom is 0.341 e. The predicted octanol–water partition coefficient (Wildman–Crippen LogP) is 4.43. The molecule has 20 heavy (non-hydrogen) atoms. The Morgan fingerprint density at radius 1 is 1.35 bits per heavy atom. The third-order valence-corrected chi connectivity index (χ3v) is 3.42. The monoisotopic (exact) mass is 278 g/mol. The molecule has 1 aromatic rings. The minimum atomic E-state index is -1.59. The fourth-order valence-corrected chi connectivity index (χ4v) is 2.40. The van der Waals surface area contributed by atoms with Crippen molar-refractivity contribution in [1.82, 2.24) is 0 Å². The van der Waals surface area contributed by atoms with E-state index in [1.807, 2.05) is 12.2 Å². The molecule has 0 heterocycles. The van der Waals surface area contributed by atoms with Gasteiger partial charge in [0.2, 0.25) is 0 Å². The number of rotatable bonds is 4. The lowest BCUT2D eigenvalue weighted by atomic mass is 9.88. The van der Waals surface area contributed by atoms with Crippen LogP contribution in [0, 0.1) is 11.6 Å². The Balaban J connectivity index is 2.24. The van der Waals surface area contributed by atoms with E-state index < -0.39 is 23.2 Å². The Kier molecular flexibility index (Phi) is 4.32. The number of halogens is 2. The molecule has 0 fully saturated rings. The van der Waals surface area contributed by atoms with Gasteiger partial charge in [-0.05, 0) is 30.5 Å². The fraction of sp³-hybridized carbons (Fsp3) is 0.312. The molecule has 0 aliphatic heterocycles. The highest BCUT2D eigenvalue weighted by atomic mass is 19.1. The molecule has 0 radical (unpaired) electrons. The van der Waals surface area contributed by atoms with Crippen LogP contribution in [-0.4, -0.2) is 11.1 Å². The van der Waals surface area contributed by atoms with Gasteiger partial charge in [-0.25, -0.2) is 13.6 Å². The van der Waals surface area contributed by atoms with E-state index in [9.17, 15) is 13.6 Å². The summed E-state index contributed by atoms with van der Waals surface area (Å²) < 4.78 is 27.3. The standard InChI is InChI=1S/C16H16F2O2/c1-2-3-10-4-6-11(7-5-10)12-8-13(17)15(16(19)20)14(18)9-12/h4-6,8-9,11H,2-3,7H2,1H3,(H,19,20). The SMILES string of the molecule is CCCC1=CCC(c2cc(F)c(C(=O)O)c(F)c2)C=C1. The van der Waals surface area contributed by atoms with Crippen LogP contribution in [0.3, 0.4) is 0 Å². The predicted molar refractivity (Wildman–Crippen MR) is 72.8 cm³/mol. The lowest BCUT2D eigenvalue weighted by molar-refractivity contribution is 0.0686. The fourth-order valence-electron chi connectivity index (χ4n) is 2.40. The molecule has 2 nitrogen and oxygen atoms in total. The Morgan fingerprint density at radius 2 is 2.00 bits per heavy atom. The zero-order valence-corrected chi connectivity index (χ0v) is 11.2. The zero-order valence-electron chi connectivity index (χ0n) is 11.2. The molecule has 0 saturated carbocycles. The highest BCUT2D eigenvalue weighted by Gasteiger charge is 2.20. The Hall–Kier alpha value is -1.97. The topological polar surface area (TPSA) is 37.3 Å². The summed E-state index contributed by atoms with van der Waals surface area (Å²) in [5, 5.41) is 8.74. The van der Waals surface area contributed by atoms with E-state index in [-0.39, 0.29) is 5.92 Å². The van der Waals surface area contributed by atoms with Crippen LogP contribution in [0.15, 0.2) is 35.9 Å². The van der Waals surface area contributed by atoms with Crippen molar-refractivity contribution >= 4 is 5.97 Å². The maximum atomic E-state index is 13.7. The van der Waals surface area contributed by atoms with Gasteiger partial charge in [0.1, 0.15) is 17.2 Å². The summed E-state index contributed by atoms with van der Waals surface area (Å²) in [6, 6.07) is 2.22. The van der Waals surface area contributed by atoms with Crippen molar-refractivity contribution in [3.63, 3.8) is 0 Å². The molecule has 1 aromatic carbocycles. The van der Waals surface area contributed by atoms with Crippen LogP contribution in [0.5, 0.6) is 0 Å². The molecule has 1 unspecified atom stereocenters. The molecule has 2 rings (SSSR count). The van der Waals surface area contributed by atoms with E-state index in [0.717, 1.165) is 25.0 Å². The number of hydrogen-bond donors (Lipinski definition) is 1. The molecule has 1 aliphatic carbocycles. The maximum absolute atomic E-state index is 13.7. The molecule has 0 amide bonds. The van der Waals surface area contributed by atoms with Crippen LogP contribution in [0.1, 0.15) is 48.0 Å². The number of carboxylic acids is 1. The summed E-state index contributed by atoms with van der Waals surface area (Å²) >= 11 is 0. The highest BCUT2D eigenvalue weighted by molar-refractivity contribution is 5.88. The molecule has 1 aliphatic rings. The van der Waals surface area contributed by atoms with E-state index in [2.05, 4.69) is 13.0 Å². The van der Waals surface area contributed by atoms with Gasteiger partial charge in [0, 0.05) is 5.92 Å². The number of benzene rings is 1. The number of allylic oxidation sites excluding steroid dienone is 4. The van der Waals surface area contributed by atoms with E-state index >= 15 is 0 Å². The van der Waals surface area contributed by atoms with Gasteiger partial charge in [0.25, 0.3) is 0 Å². The molecule has 0 spiro atoms. The number of carbonyl (C=O) groups is 1. The molecular formula is C16H16F2O2. The van der Waals surface area contributed by atoms with Gasteiger partial charge in [-0.1, -0.05) is 37.1 Å². The largest absolute Gasteiger partial charge is 0.477 e. The number of carboxylic acid groups (broad SMARTS) is 1. The zero-order chi connectivity index (χ0) is 14.7. The summed E-state index contributed by atoms with van der Waals surface area (Å²) in [5.74, 6) is -3.74. The van der Waals surface area contributed by atoms with Gasteiger partial charge in [0.15, 0.2) is 0 Å². The van der Waals surface area contributed by atoms with Crippen molar-refractivity contribution in [2.75, 3.05) is 0 Å². The van der Waals surface area contributed by atoms with Crippen molar-refractivity contribution in [1.29, 1.82) is 0 Å². The van der Waals surface area contributed by atoms with Crippen LogP contribution >= 0.6 is 0 Å². The van der Waals surface area contributed by atoms with Gasteiger partial charge >= 0.3 is 5.97 Å². The third-order valence-electron chi connectivity index (χ3n) is 3.42. The second kappa shape index (κ2) is 5.99. The van der Waals surface area contributed by atoms with Crippen LogP contribution in [0.25, 0.3) is 0 Å². The molecule has 0 bridgehead atoms. The van der Waals surface area contributed by atoms with Crippen molar-refractivity contribution in [3.05, 3.63) is 58.7 Å². The Bertz CT molecular complexity index is 565. The highest BCUT2D eigenvalue weighted by Crippen LogP contribution is 2.30. The molecule has 1 N–H and O–H groups in total. The average Bonchev–Trinajstić information content (AvgIpc) is 2.38. The second-order valence-electron chi connectivity index (χ2n) is 4.90. The van der Waals surface area contributed by atoms with Gasteiger partial charge in [0.05, 0.1) is 0 Å². The van der Waals surface area contributed by atoms with Crippen molar-refractivity contribution in [3.8, 4) is 0 Å². The van der Waals surface area contributed by atoms with E-state index in [1.54, 1.807) is 0 Å². The lowest BCUT2D eigenvalue weighted by Crippen LogP contribution is -2.08. The first kappa shape index (κ1) is 14.4. The summed E-state index contributed by atoms with van der Waals surface area (Å²) in [6.07, 6.45) is 8.67. The average molecular weight is 278 g/mol. The van der Waals surface area contributed by atoms with E-state index in [4.69, 9.17) is 5.11 Å². The quantitative estimate of drug-likeness (QED) is 0.884. The van der Waals surface area contributed by atoms with Crippen LogP contribution in [0.2, 0.25) is 0 Å². The molecule has 0 aromatic heterocycles. The minimum Gasteiger partial charge on any atom is -0.477 e.